The minimum absolute atomic E-state index is 0.0950. The molecule has 3 heteroatoms. The van der Waals surface area contributed by atoms with Gasteiger partial charge in [-0.1, -0.05) is 87.7 Å². The Balaban J connectivity index is 1.47. The Morgan fingerprint density at radius 2 is 1.56 bits per heavy atom. The first kappa shape index (κ1) is 18.6. The van der Waals surface area contributed by atoms with Crippen molar-refractivity contribution in [3.63, 3.8) is 0 Å². The second-order valence-corrected chi connectivity index (χ2v) is 8.13. The summed E-state index contributed by atoms with van der Waals surface area (Å²) >= 11 is 6.99. The Hall–Kier alpha value is -1.80. The van der Waals surface area contributed by atoms with Gasteiger partial charge in [-0.2, -0.15) is 0 Å². The lowest BCUT2D eigenvalue weighted by molar-refractivity contribution is 0.571. The minimum Gasteiger partial charge on any atom is -0.351 e. The van der Waals surface area contributed by atoms with E-state index in [1.54, 1.807) is 0 Å². The molecule has 0 N–H and O–H groups in total. The monoisotopic (exact) mass is 380 g/mol. The lowest BCUT2D eigenvalue weighted by Gasteiger charge is -2.24. The van der Waals surface area contributed by atoms with Crippen LogP contribution in [-0.4, -0.2) is 11.5 Å². The van der Waals surface area contributed by atoms with Gasteiger partial charge in [-0.05, 0) is 24.6 Å². The van der Waals surface area contributed by atoms with Crippen molar-refractivity contribution in [1.82, 2.24) is 4.98 Å². The molecule has 0 fully saturated rings. The lowest BCUT2D eigenvalue weighted by Crippen LogP contribution is -2.22. The van der Waals surface area contributed by atoms with Gasteiger partial charge in [-0.15, -0.1) is 0 Å². The fourth-order valence-electron chi connectivity index (χ4n) is 4.38. The van der Waals surface area contributed by atoms with E-state index in [9.17, 15) is 0 Å². The highest BCUT2D eigenvalue weighted by Gasteiger charge is 2.31. The van der Waals surface area contributed by atoms with Gasteiger partial charge in [0.05, 0.1) is 11.0 Å². The molecule has 4 rings (SSSR count). The Morgan fingerprint density at radius 1 is 0.852 bits per heavy atom. The molecule has 27 heavy (non-hydrogen) atoms. The largest absolute Gasteiger partial charge is 0.351 e. The normalized spacial score (nSPS) is 15.9. The molecule has 0 spiro atoms. The smallest absolute Gasteiger partial charge is 0.131 e. The molecular formula is C24H29ClN2. The van der Waals surface area contributed by atoms with Crippen molar-refractivity contribution in [3.05, 3.63) is 48.0 Å². The first-order valence-corrected chi connectivity index (χ1v) is 11.0. The highest BCUT2D eigenvalue weighted by atomic mass is 35.5. The van der Waals surface area contributed by atoms with Crippen molar-refractivity contribution in [2.45, 2.75) is 63.8 Å². The van der Waals surface area contributed by atoms with E-state index in [1.165, 1.54) is 73.4 Å². The van der Waals surface area contributed by atoms with Crippen LogP contribution in [0.25, 0.3) is 21.8 Å². The van der Waals surface area contributed by atoms with Crippen molar-refractivity contribution < 1.29 is 0 Å². The molecule has 1 unspecified atom stereocenters. The minimum atomic E-state index is -0.0950. The first-order valence-electron chi connectivity index (χ1n) is 10.5. The summed E-state index contributed by atoms with van der Waals surface area (Å²) in [6.45, 7) is 3.29. The van der Waals surface area contributed by atoms with Crippen LogP contribution in [0.3, 0.4) is 0 Å². The van der Waals surface area contributed by atoms with Gasteiger partial charge >= 0.3 is 0 Å². The van der Waals surface area contributed by atoms with E-state index in [0.29, 0.717) is 0 Å². The molecule has 3 aromatic rings. The van der Waals surface area contributed by atoms with Crippen LogP contribution < -0.4 is 4.90 Å². The Morgan fingerprint density at radius 3 is 2.37 bits per heavy atom. The van der Waals surface area contributed by atoms with Gasteiger partial charge in [0.2, 0.25) is 0 Å². The SMILES string of the molecule is CCCCCCCCCCN1c2cccc3nc4ccccc4c(c23)C1Cl. The Labute approximate surface area is 167 Å². The summed E-state index contributed by atoms with van der Waals surface area (Å²) in [5.74, 6) is 0. The molecule has 0 saturated heterocycles. The van der Waals surface area contributed by atoms with Crippen LogP contribution in [-0.2, 0) is 0 Å². The third-order valence-corrected chi connectivity index (χ3v) is 6.25. The fraction of sp³-hybridized carbons (Fsp3) is 0.458. The van der Waals surface area contributed by atoms with Crippen molar-refractivity contribution in [1.29, 1.82) is 0 Å². The third kappa shape index (κ3) is 3.65. The number of alkyl halides is 1. The van der Waals surface area contributed by atoms with Crippen LogP contribution in [0.4, 0.5) is 5.69 Å². The molecule has 0 amide bonds. The van der Waals surface area contributed by atoms with Gasteiger partial charge in [-0.25, -0.2) is 4.98 Å². The third-order valence-electron chi connectivity index (χ3n) is 5.80. The standard InChI is InChI=1S/C24H29ClN2/c1-2-3-4-5-6-7-8-11-17-27-21-16-12-15-20-23(21)22(24(27)25)18-13-9-10-14-19(18)26-20/h9-10,12-16,24H,2-8,11,17H2,1H3. The number of benzene rings is 2. The van der Waals surface area contributed by atoms with E-state index >= 15 is 0 Å². The van der Waals surface area contributed by atoms with Crippen molar-refractivity contribution in [2.24, 2.45) is 0 Å². The van der Waals surface area contributed by atoms with Crippen LogP contribution in [0, 0.1) is 0 Å². The highest BCUT2D eigenvalue weighted by molar-refractivity contribution is 6.27. The molecule has 0 saturated carbocycles. The van der Waals surface area contributed by atoms with Crippen LogP contribution >= 0.6 is 11.6 Å². The number of halogens is 1. The van der Waals surface area contributed by atoms with Crippen molar-refractivity contribution >= 4 is 39.1 Å². The average molecular weight is 381 g/mol. The summed E-state index contributed by atoms with van der Waals surface area (Å²) in [4.78, 5) is 7.25. The molecule has 142 valence electrons. The molecule has 0 aliphatic carbocycles. The number of rotatable bonds is 9. The predicted octanol–water partition coefficient (Wildman–Crippen LogP) is 7.59. The van der Waals surface area contributed by atoms with Crippen LogP contribution in [0.1, 0.15) is 69.4 Å². The van der Waals surface area contributed by atoms with Gasteiger partial charge in [0.1, 0.15) is 5.50 Å². The zero-order valence-electron chi connectivity index (χ0n) is 16.3. The number of hydrogen-bond acceptors (Lipinski definition) is 2. The zero-order chi connectivity index (χ0) is 18.6. The Bertz CT molecular complexity index is 921. The van der Waals surface area contributed by atoms with Gasteiger partial charge < -0.3 is 4.90 Å². The molecule has 1 aliphatic rings. The first-order chi connectivity index (χ1) is 13.3. The summed E-state index contributed by atoms with van der Waals surface area (Å²) in [6.07, 6.45) is 10.7. The van der Waals surface area contributed by atoms with Crippen molar-refractivity contribution in [2.75, 3.05) is 11.4 Å². The molecule has 2 nitrogen and oxygen atoms in total. The lowest BCUT2D eigenvalue weighted by atomic mass is 10.0. The topological polar surface area (TPSA) is 16.1 Å². The maximum absolute atomic E-state index is 6.99. The summed E-state index contributed by atoms with van der Waals surface area (Å²) in [5.41, 5.74) is 4.50. The second kappa shape index (κ2) is 8.48. The molecule has 2 aromatic carbocycles. The number of nitrogens with zero attached hydrogens (tertiary/aromatic N) is 2. The molecule has 2 heterocycles. The molecule has 1 aliphatic heterocycles. The molecule has 1 aromatic heterocycles. The van der Waals surface area contributed by atoms with Gasteiger partial charge in [-0.3, -0.25) is 0 Å². The van der Waals surface area contributed by atoms with Crippen LogP contribution in [0.15, 0.2) is 42.5 Å². The number of para-hydroxylation sites is 1. The second-order valence-electron chi connectivity index (χ2n) is 7.72. The predicted molar refractivity (Wildman–Crippen MR) is 118 cm³/mol. The van der Waals surface area contributed by atoms with Crippen molar-refractivity contribution in [3.8, 4) is 0 Å². The van der Waals surface area contributed by atoms with E-state index in [2.05, 4.69) is 48.2 Å². The number of anilines is 1. The summed E-state index contributed by atoms with van der Waals surface area (Å²) < 4.78 is 0. The number of pyridine rings is 1. The average Bonchev–Trinajstić information content (AvgIpc) is 2.98. The summed E-state index contributed by atoms with van der Waals surface area (Å²) in [5, 5.41) is 2.44. The zero-order valence-corrected chi connectivity index (χ0v) is 17.0. The molecular weight excluding hydrogens is 352 g/mol. The number of unbranched alkanes of at least 4 members (excludes halogenated alkanes) is 7. The quantitative estimate of drug-likeness (QED) is 0.164. The molecule has 1 atom stereocenters. The molecule has 0 radical (unpaired) electrons. The summed E-state index contributed by atoms with van der Waals surface area (Å²) in [7, 11) is 0. The van der Waals surface area contributed by atoms with Gasteiger partial charge in [0, 0.05) is 28.6 Å². The van der Waals surface area contributed by atoms with E-state index in [4.69, 9.17) is 16.6 Å². The summed E-state index contributed by atoms with van der Waals surface area (Å²) in [6, 6.07) is 14.8. The van der Waals surface area contributed by atoms with E-state index in [1.807, 2.05) is 6.07 Å². The molecule has 0 bridgehead atoms. The fourth-order valence-corrected chi connectivity index (χ4v) is 4.80. The number of aromatic nitrogens is 1. The van der Waals surface area contributed by atoms with E-state index in [0.717, 1.165) is 17.6 Å². The maximum atomic E-state index is 6.99. The number of hydrogen-bond donors (Lipinski definition) is 0. The van der Waals surface area contributed by atoms with Gasteiger partial charge in [0.25, 0.3) is 0 Å². The van der Waals surface area contributed by atoms with E-state index in [-0.39, 0.29) is 5.50 Å². The maximum Gasteiger partial charge on any atom is 0.131 e. The van der Waals surface area contributed by atoms with Crippen LogP contribution in [0.2, 0.25) is 0 Å². The Kier molecular flexibility index (Phi) is 5.83. The van der Waals surface area contributed by atoms with E-state index < -0.39 is 0 Å². The van der Waals surface area contributed by atoms with Gasteiger partial charge in [0.15, 0.2) is 0 Å². The number of fused-ring (bicyclic) bond motifs is 2. The van der Waals surface area contributed by atoms with Crippen LogP contribution in [0.5, 0.6) is 0 Å². The highest BCUT2D eigenvalue weighted by Crippen LogP contribution is 2.48.